The molecular formula is C17H14N2O4. The van der Waals surface area contributed by atoms with Crippen LogP contribution < -0.4 is 10.2 Å². The van der Waals surface area contributed by atoms with Crippen molar-refractivity contribution in [3.8, 4) is 11.5 Å². The third-order valence-corrected chi connectivity index (χ3v) is 3.23. The van der Waals surface area contributed by atoms with E-state index in [0.29, 0.717) is 16.9 Å². The lowest BCUT2D eigenvalue weighted by Gasteiger charge is -2.03. The van der Waals surface area contributed by atoms with Gasteiger partial charge in [0.15, 0.2) is 17.3 Å². The zero-order valence-electron chi connectivity index (χ0n) is 12.3. The van der Waals surface area contributed by atoms with Crippen LogP contribution in [0.3, 0.4) is 0 Å². The fraction of sp³-hybridized carbons (Fsp3) is 0.0588. The van der Waals surface area contributed by atoms with E-state index < -0.39 is 5.91 Å². The number of amides is 1. The molecule has 0 saturated carbocycles. The van der Waals surface area contributed by atoms with Gasteiger partial charge >= 0.3 is 5.91 Å². The Morgan fingerprint density at radius 2 is 2.09 bits per heavy atom. The summed E-state index contributed by atoms with van der Waals surface area (Å²) in [4.78, 5) is 12.0. The minimum atomic E-state index is -0.441. The van der Waals surface area contributed by atoms with Crippen LogP contribution in [0.4, 0.5) is 0 Å². The molecule has 3 aromatic rings. The maximum atomic E-state index is 12.0. The number of benzene rings is 2. The molecule has 3 rings (SSSR count). The molecule has 1 heterocycles. The van der Waals surface area contributed by atoms with Crippen molar-refractivity contribution in [1.29, 1.82) is 0 Å². The van der Waals surface area contributed by atoms with Gasteiger partial charge < -0.3 is 14.3 Å². The van der Waals surface area contributed by atoms with Crippen LogP contribution in [0.5, 0.6) is 11.5 Å². The Bertz CT molecular complexity index is 850. The molecule has 2 N–H and O–H groups in total. The van der Waals surface area contributed by atoms with Crippen molar-refractivity contribution >= 4 is 23.1 Å². The third kappa shape index (κ3) is 3.16. The number of nitrogens with one attached hydrogen (secondary N) is 1. The molecule has 0 aliphatic heterocycles. The Kier molecular flexibility index (Phi) is 3.97. The predicted octanol–water partition coefficient (Wildman–Crippen LogP) is 2.91. The van der Waals surface area contributed by atoms with Gasteiger partial charge in [-0.2, -0.15) is 5.10 Å². The van der Waals surface area contributed by atoms with Crippen molar-refractivity contribution < 1.29 is 19.1 Å². The Hall–Kier alpha value is -3.28. The molecule has 0 radical (unpaired) electrons. The molecule has 0 spiro atoms. The van der Waals surface area contributed by atoms with Gasteiger partial charge in [-0.1, -0.05) is 18.2 Å². The van der Waals surface area contributed by atoms with Gasteiger partial charge in [-0.25, -0.2) is 5.43 Å². The number of para-hydroxylation sites is 1. The zero-order valence-corrected chi connectivity index (χ0v) is 12.3. The first kappa shape index (κ1) is 14.6. The number of rotatable bonds is 4. The van der Waals surface area contributed by atoms with E-state index in [9.17, 15) is 9.90 Å². The summed E-state index contributed by atoms with van der Waals surface area (Å²) in [6.45, 7) is 0. The second-order valence-corrected chi connectivity index (χ2v) is 4.78. The van der Waals surface area contributed by atoms with Gasteiger partial charge in [0, 0.05) is 5.39 Å². The van der Waals surface area contributed by atoms with Crippen molar-refractivity contribution in [1.82, 2.24) is 5.43 Å². The Balaban J connectivity index is 1.70. The molecule has 116 valence electrons. The summed E-state index contributed by atoms with van der Waals surface area (Å²) in [7, 11) is 1.46. The van der Waals surface area contributed by atoms with Crippen LogP contribution in [0.25, 0.3) is 11.0 Å². The quantitative estimate of drug-likeness (QED) is 0.573. The molecule has 0 unspecified atom stereocenters. The number of aromatic hydroxyl groups is 1. The molecule has 6 nitrogen and oxygen atoms in total. The second kappa shape index (κ2) is 6.23. The topological polar surface area (TPSA) is 84.1 Å². The lowest BCUT2D eigenvalue weighted by molar-refractivity contribution is 0.0929. The fourth-order valence-electron chi connectivity index (χ4n) is 2.09. The van der Waals surface area contributed by atoms with E-state index in [0.717, 1.165) is 5.39 Å². The minimum Gasteiger partial charge on any atom is -0.504 e. The standard InChI is InChI=1S/C17H14N2O4/c1-22-15-8-11(6-7-13(15)20)10-18-19-17(21)16-9-12-4-2-3-5-14(12)23-16/h2-10,20H,1H3,(H,19,21). The molecule has 1 aromatic heterocycles. The highest BCUT2D eigenvalue weighted by Gasteiger charge is 2.10. The van der Waals surface area contributed by atoms with Crippen LogP contribution in [-0.4, -0.2) is 24.3 Å². The number of phenolic OH excluding ortho intramolecular Hbond substituents is 1. The average Bonchev–Trinajstić information content (AvgIpc) is 3.00. The lowest BCUT2D eigenvalue weighted by Crippen LogP contribution is -2.16. The van der Waals surface area contributed by atoms with Gasteiger partial charge in [0.1, 0.15) is 5.58 Å². The van der Waals surface area contributed by atoms with Gasteiger partial charge in [0.25, 0.3) is 0 Å². The number of ether oxygens (including phenoxy) is 1. The zero-order chi connectivity index (χ0) is 16.2. The first-order valence-corrected chi connectivity index (χ1v) is 6.86. The summed E-state index contributed by atoms with van der Waals surface area (Å²) in [5.41, 5.74) is 3.71. The molecule has 1 amide bonds. The average molecular weight is 310 g/mol. The number of methoxy groups -OCH3 is 1. The summed E-state index contributed by atoms with van der Waals surface area (Å²) in [6.07, 6.45) is 1.45. The lowest BCUT2D eigenvalue weighted by atomic mass is 10.2. The first-order valence-electron chi connectivity index (χ1n) is 6.86. The number of nitrogens with zero attached hydrogens (tertiary/aromatic N) is 1. The van der Waals surface area contributed by atoms with Crippen LogP contribution in [0, 0.1) is 0 Å². The molecule has 23 heavy (non-hydrogen) atoms. The Morgan fingerprint density at radius 1 is 1.26 bits per heavy atom. The van der Waals surface area contributed by atoms with Gasteiger partial charge in [0.2, 0.25) is 0 Å². The molecule has 0 aliphatic rings. The maximum absolute atomic E-state index is 12.0. The van der Waals surface area contributed by atoms with Crippen molar-refractivity contribution in [2.45, 2.75) is 0 Å². The van der Waals surface area contributed by atoms with Crippen LogP contribution >= 0.6 is 0 Å². The molecular weight excluding hydrogens is 296 g/mol. The normalized spacial score (nSPS) is 11.0. The van der Waals surface area contributed by atoms with Crippen molar-refractivity contribution in [3.05, 3.63) is 59.9 Å². The van der Waals surface area contributed by atoms with Gasteiger partial charge in [0.05, 0.1) is 13.3 Å². The van der Waals surface area contributed by atoms with Crippen molar-refractivity contribution in [2.24, 2.45) is 5.10 Å². The number of furan rings is 1. The van der Waals surface area contributed by atoms with Crippen LogP contribution in [-0.2, 0) is 0 Å². The highest BCUT2D eigenvalue weighted by atomic mass is 16.5. The van der Waals surface area contributed by atoms with Crippen molar-refractivity contribution in [3.63, 3.8) is 0 Å². The summed E-state index contributed by atoms with van der Waals surface area (Å²) in [5, 5.41) is 14.2. The van der Waals surface area contributed by atoms with Crippen LogP contribution in [0.1, 0.15) is 16.1 Å². The first-order chi connectivity index (χ1) is 11.2. The number of hydrogen-bond acceptors (Lipinski definition) is 5. The van der Waals surface area contributed by atoms with E-state index in [1.165, 1.54) is 19.4 Å². The molecule has 0 bridgehead atoms. The fourth-order valence-corrected chi connectivity index (χ4v) is 2.09. The second-order valence-electron chi connectivity index (χ2n) is 4.78. The SMILES string of the molecule is COc1cc(C=NNC(=O)c2cc3ccccc3o2)ccc1O. The highest BCUT2D eigenvalue weighted by molar-refractivity contribution is 5.96. The van der Waals surface area contributed by atoms with Gasteiger partial charge in [-0.05, 0) is 35.9 Å². The van der Waals surface area contributed by atoms with E-state index in [2.05, 4.69) is 10.5 Å². The smallest absolute Gasteiger partial charge is 0.307 e. The third-order valence-electron chi connectivity index (χ3n) is 3.23. The summed E-state index contributed by atoms with van der Waals surface area (Å²) >= 11 is 0. The van der Waals surface area contributed by atoms with E-state index in [-0.39, 0.29) is 11.5 Å². The summed E-state index contributed by atoms with van der Waals surface area (Å²) in [5.74, 6) is 0.114. The van der Waals surface area contributed by atoms with Crippen LogP contribution in [0.15, 0.2) is 58.0 Å². The van der Waals surface area contributed by atoms with Gasteiger partial charge in [-0.15, -0.1) is 0 Å². The summed E-state index contributed by atoms with van der Waals surface area (Å²) < 4.78 is 10.4. The number of hydrogen-bond donors (Lipinski definition) is 2. The Morgan fingerprint density at radius 3 is 2.87 bits per heavy atom. The molecule has 0 fully saturated rings. The molecule has 2 aromatic carbocycles. The number of phenols is 1. The molecule has 6 heteroatoms. The summed E-state index contributed by atoms with van der Waals surface area (Å²) in [6, 6.07) is 13.8. The van der Waals surface area contributed by atoms with E-state index in [1.54, 1.807) is 24.3 Å². The number of fused-ring (bicyclic) bond motifs is 1. The monoisotopic (exact) mass is 310 g/mol. The van der Waals surface area contributed by atoms with E-state index in [1.807, 2.05) is 18.2 Å². The van der Waals surface area contributed by atoms with E-state index in [4.69, 9.17) is 9.15 Å². The number of hydrazone groups is 1. The number of carbonyl (C=O) groups is 1. The largest absolute Gasteiger partial charge is 0.504 e. The predicted molar refractivity (Wildman–Crippen MR) is 85.9 cm³/mol. The highest BCUT2D eigenvalue weighted by Crippen LogP contribution is 2.25. The van der Waals surface area contributed by atoms with E-state index >= 15 is 0 Å². The van der Waals surface area contributed by atoms with Gasteiger partial charge in [-0.3, -0.25) is 4.79 Å². The van der Waals surface area contributed by atoms with Crippen molar-refractivity contribution in [2.75, 3.05) is 7.11 Å². The molecule has 0 atom stereocenters. The maximum Gasteiger partial charge on any atom is 0.307 e. The Labute approximate surface area is 132 Å². The number of carbonyl (C=O) groups excluding carboxylic acids is 1. The minimum absolute atomic E-state index is 0.0379. The molecule has 0 aliphatic carbocycles. The molecule has 0 saturated heterocycles. The van der Waals surface area contributed by atoms with Crippen LogP contribution in [0.2, 0.25) is 0 Å².